The minimum atomic E-state index is -0.464. The van der Waals surface area contributed by atoms with Crippen molar-refractivity contribution in [3.8, 4) is 0 Å². The molecule has 2 aliphatic rings. The molecule has 0 saturated carbocycles. The summed E-state index contributed by atoms with van der Waals surface area (Å²) in [5.41, 5.74) is 6.28. The van der Waals surface area contributed by atoms with Crippen LogP contribution in [0.3, 0.4) is 0 Å². The standard InChI is InChI=1S/C22H36FN5O2/c1-22(2,3)30-21(29)25-18-6-8-26(9-7-18)10-11-27-12-14-28(15-13-27)20-5-4-17(24)16-19(20)23/h4-5,16,18H,6-15,24H2,1-3H3,(H,25,29). The minimum absolute atomic E-state index is 0.189. The van der Waals surface area contributed by atoms with E-state index in [1.165, 1.54) is 6.07 Å². The number of amides is 1. The molecule has 1 aromatic rings. The van der Waals surface area contributed by atoms with E-state index in [1.807, 2.05) is 20.8 Å². The first kappa shape index (κ1) is 22.6. The highest BCUT2D eigenvalue weighted by atomic mass is 19.1. The number of halogens is 1. The van der Waals surface area contributed by atoms with Crippen LogP contribution in [0.15, 0.2) is 18.2 Å². The molecule has 0 bridgehead atoms. The van der Waals surface area contributed by atoms with Crippen LogP contribution in [0, 0.1) is 5.82 Å². The summed E-state index contributed by atoms with van der Waals surface area (Å²) in [5.74, 6) is -0.244. The number of benzene rings is 1. The molecule has 2 fully saturated rings. The number of likely N-dealkylation sites (tertiary alicyclic amines) is 1. The Hall–Kier alpha value is -2.06. The number of nitrogen functional groups attached to an aromatic ring is 1. The lowest BCUT2D eigenvalue weighted by atomic mass is 10.1. The number of piperazine rings is 1. The molecule has 0 aromatic heterocycles. The molecule has 8 heteroatoms. The Kier molecular flexibility index (Phi) is 7.41. The summed E-state index contributed by atoms with van der Waals surface area (Å²) >= 11 is 0. The summed E-state index contributed by atoms with van der Waals surface area (Å²) < 4.78 is 19.5. The van der Waals surface area contributed by atoms with Gasteiger partial charge < -0.3 is 25.6 Å². The van der Waals surface area contributed by atoms with Gasteiger partial charge in [-0.1, -0.05) is 0 Å². The molecule has 168 valence electrons. The van der Waals surface area contributed by atoms with Gasteiger partial charge in [-0.3, -0.25) is 4.90 Å². The summed E-state index contributed by atoms with van der Waals surface area (Å²) in [6, 6.07) is 5.11. The molecular weight excluding hydrogens is 385 g/mol. The molecule has 3 N–H and O–H groups in total. The lowest BCUT2D eigenvalue weighted by molar-refractivity contribution is 0.0477. The Morgan fingerprint density at radius 2 is 1.70 bits per heavy atom. The second kappa shape index (κ2) is 9.83. The average Bonchev–Trinajstić information content (AvgIpc) is 2.66. The maximum absolute atomic E-state index is 14.1. The molecule has 0 spiro atoms. The minimum Gasteiger partial charge on any atom is -0.444 e. The molecular formula is C22H36FN5O2. The van der Waals surface area contributed by atoms with Crippen molar-refractivity contribution in [2.75, 3.05) is 63.0 Å². The van der Waals surface area contributed by atoms with E-state index in [4.69, 9.17) is 10.5 Å². The van der Waals surface area contributed by atoms with E-state index in [0.717, 1.165) is 65.2 Å². The number of nitrogens with zero attached hydrogens (tertiary/aromatic N) is 3. The maximum Gasteiger partial charge on any atom is 0.407 e. The van der Waals surface area contributed by atoms with Gasteiger partial charge in [0.2, 0.25) is 0 Å². The van der Waals surface area contributed by atoms with Crippen molar-refractivity contribution in [2.45, 2.75) is 45.3 Å². The molecule has 1 aromatic carbocycles. The summed E-state index contributed by atoms with van der Waals surface area (Å²) in [5, 5.41) is 2.99. The van der Waals surface area contributed by atoms with E-state index in [1.54, 1.807) is 12.1 Å². The first-order valence-corrected chi connectivity index (χ1v) is 10.9. The average molecular weight is 422 g/mol. The van der Waals surface area contributed by atoms with Crippen LogP contribution in [0.5, 0.6) is 0 Å². The molecule has 3 rings (SSSR count). The van der Waals surface area contributed by atoms with Crippen molar-refractivity contribution in [1.29, 1.82) is 0 Å². The first-order valence-electron chi connectivity index (χ1n) is 10.9. The fourth-order valence-electron chi connectivity index (χ4n) is 4.05. The molecule has 2 heterocycles. The van der Waals surface area contributed by atoms with Crippen molar-refractivity contribution >= 4 is 17.5 Å². The third-order valence-corrected chi connectivity index (χ3v) is 5.73. The third kappa shape index (κ3) is 6.74. The van der Waals surface area contributed by atoms with Crippen molar-refractivity contribution in [2.24, 2.45) is 0 Å². The Bertz CT molecular complexity index is 708. The van der Waals surface area contributed by atoms with Crippen molar-refractivity contribution in [3.05, 3.63) is 24.0 Å². The van der Waals surface area contributed by atoms with Crippen molar-refractivity contribution in [1.82, 2.24) is 15.1 Å². The van der Waals surface area contributed by atoms with Crippen LogP contribution in [0.4, 0.5) is 20.6 Å². The predicted octanol–water partition coefficient (Wildman–Crippen LogP) is 2.52. The molecule has 2 saturated heterocycles. The Labute approximate surface area is 179 Å². The fraction of sp³-hybridized carbons (Fsp3) is 0.682. The van der Waals surface area contributed by atoms with Gasteiger partial charge in [0.15, 0.2) is 0 Å². The van der Waals surface area contributed by atoms with Gasteiger partial charge in [0.05, 0.1) is 5.69 Å². The number of alkyl carbamates (subject to hydrolysis) is 1. The lowest BCUT2D eigenvalue weighted by Crippen LogP contribution is -2.50. The molecule has 0 radical (unpaired) electrons. The Balaban J connectivity index is 1.33. The van der Waals surface area contributed by atoms with E-state index in [-0.39, 0.29) is 18.0 Å². The van der Waals surface area contributed by atoms with Crippen LogP contribution in [0.25, 0.3) is 0 Å². The number of carbonyl (C=O) groups excluding carboxylic acids is 1. The second-order valence-electron chi connectivity index (χ2n) is 9.30. The number of hydrogen-bond acceptors (Lipinski definition) is 6. The number of nitrogens with one attached hydrogen (secondary N) is 1. The quantitative estimate of drug-likeness (QED) is 0.712. The van der Waals surface area contributed by atoms with Crippen LogP contribution < -0.4 is 16.0 Å². The van der Waals surface area contributed by atoms with E-state index in [0.29, 0.717) is 11.4 Å². The number of piperidine rings is 1. The predicted molar refractivity (Wildman–Crippen MR) is 118 cm³/mol. The zero-order valence-electron chi connectivity index (χ0n) is 18.5. The normalized spacial score (nSPS) is 19.7. The molecule has 0 aliphatic carbocycles. The van der Waals surface area contributed by atoms with Gasteiger partial charge >= 0.3 is 6.09 Å². The SMILES string of the molecule is CC(C)(C)OC(=O)NC1CCN(CCN2CCN(c3ccc(N)cc3F)CC2)CC1. The lowest BCUT2D eigenvalue weighted by Gasteiger charge is -2.38. The monoisotopic (exact) mass is 421 g/mol. The van der Waals surface area contributed by atoms with Crippen molar-refractivity contribution < 1.29 is 13.9 Å². The van der Waals surface area contributed by atoms with Crippen LogP contribution in [-0.2, 0) is 4.74 Å². The van der Waals surface area contributed by atoms with Gasteiger partial charge in [0.25, 0.3) is 0 Å². The highest BCUT2D eigenvalue weighted by Gasteiger charge is 2.24. The summed E-state index contributed by atoms with van der Waals surface area (Å²) in [6.07, 6.45) is 1.57. The zero-order chi connectivity index (χ0) is 21.7. The number of nitrogens with two attached hydrogens (primary N) is 1. The first-order chi connectivity index (χ1) is 14.2. The van der Waals surface area contributed by atoms with E-state index < -0.39 is 5.60 Å². The van der Waals surface area contributed by atoms with Gasteiger partial charge in [-0.25, -0.2) is 9.18 Å². The highest BCUT2D eigenvalue weighted by molar-refractivity contribution is 5.68. The number of carbonyl (C=O) groups is 1. The molecule has 30 heavy (non-hydrogen) atoms. The van der Waals surface area contributed by atoms with Crippen LogP contribution >= 0.6 is 0 Å². The summed E-state index contributed by atoms with van der Waals surface area (Å²) in [6.45, 7) is 13.1. The highest BCUT2D eigenvalue weighted by Crippen LogP contribution is 2.23. The van der Waals surface area contributed by atoms with Crippen molar-refractivity contribution in [3.63, 3.8) is 0 Å². The molecule has 7 nitrogen and oxygen atoms in total. The van der Waals surface area contributed by atoms with E-state index in [9.17, 15) is 9.18 Å². The van der Waals surface area contributed by atoms with Gasteiger partial charge in [-0.15, -0.1) is 0 Å². The second-order valence-corrected chi connectivity index (χ2v) is 9.30. The smallest absolute Gasteiger partial charge is 0.407 e. The van der Waals surface area contributed by atoms with Crippen LogP contribution in [0.2, 0.25) is 0 Å². The summed E-state index contributed by atoms with van der Waals surface area (Å²) in [7, 11) is 0. The van der Waals surface area contributed by atoms with E-state index >= 15 is 0 Å². The van der Waals surface area contributed by atoms with Gasteiger partial charge in [0.1, 0.15) is 11.4 Å². The number of anilines is 2. The van der Waals surface area contributed by atoms with Crippen LogP contribution in [-0.4, -0.2) is 79.9 Å². The van der Waals surface area contributed by atoms with Gasteiger partial charge in [0, 0.05) is 64.1 Å². The fourth-order valence-corrected chi connectivity index (χ4v) is 4.05. The van der Waals surface area contributed by atoms with Gasteiger partial charge in [-0.2, -0.15) is 0 Å². The molecule has 1 amide bonds. The summed E-state index contributed by atoms with van der Waals surface area (Å²) in [4.78, 5) is 18.9. The maximum atomic E-state index is 14.1. The number of hydrogen-bond donors (Lipinski definition) is 2. The topological polar surface area (TPSA) is 74.1 Å². The van der Waals surface area contributed by atoms with E-state index in [2.05, 4.69) is 20.0 Å². The molecule has 0 atom stereocenters. The number of ether oxygens (including phenoxy) is 1. The third-order valence-electron chi connectivity index (χ3n) is 5.73. The largest absolute Gasteiger partial charge is 0.444 e. The zero-order valence-corrected chi connectivity index (χ0v) is 18.5. The molecule has 2 aliphatic heterocycles. The molecule has 0 unspecified atom stereocenters. The Morgan fingerprint density at radius 3 is 2.27 bits per heavy atom. The van der Waals surface area contributed by atoms with Crippen LogP contribution in [0.1, 0.15) is 33.6 Å². The van der Waals surface area contributed by atoms with Gasteiger partial charge in [-0.05, 0) is 51.8 Å². The Morgan fingerprint density at radius 1 is 1.10 bits per heavy atom. The number of rotatable bonds is 5.